The van der Waals surface area contributed by atoms with E-state index in [0.717, 1.165) is 6.42 Å². The van der Waals surface area contributed by atoms with E-state index >= 15 is 0 Å². The quantitative estimate of drug-likeness (QED) is 0.648. The molecule has 2 aromatic carbocycles. The van der Waals surface area contributed by atoms with Crippen LogP contribution in [0.5, 0.6) is 0 Å². The molecule has 0 atom stereocenters. The molecule has 0 spiro atoms. The molecule has 0 unspecified atom stereocenters. The number of allylic oxidation sites excluding steroid dienone is 4. The van der Waals surface area contributed by atoms with Crippen molar-refractivity contribution >= 4 is 14.7 Å². The zero-order chi connectivity index (χ0) is 16.8. The van der Waals surface area contributed by atoms with E-state index in [1.165, 1.54) is 47.9 Å². The molecule has 0 amide bonds. The van der Waals surface area contributed by atoms with E-state index in [1.807, 2.05) is 0 Å². The summed E-state index contributed by atoms with van der Waals surface area (Å²) in [4.78, 5) is 0. The molecule has 0 fully saturated rings. The molecule has 24 heavy (non-hydrogen) atoms. The van der Waals surface area contributed by atoms with Crippen LogP contribution in [0.25, 0.3) is 0 Å². The highest BCUT2D eigenvalue weighted by Crippen LogP contribution is 2.18. The minimum absolute atomic E-state index is 0.329. The van der Waals surface area contributed by atoms with Crippen molar-refractivity contribution < 1.29 is 0 Å². The van der Waals surface area contributed by atoms with Crippen LogP contribution in [-0.2, 0) is 12.8 Å². The summed E-state index contributed by atoms with van der Waals surface area (Å²) in [6.45, 7) is 4.52. The zero-order valence-corrected chi connectivity index (χ0v) is 16.4. The number of hydrogen-bond donors (Lipinski definition) is 0. The van der Waals surface area contributed by atoms with E-state index in [2.05, 4.69) is 74.5 Å². The van der Waals surface area contributed by atoms with Crippen molar-refractivity contribution in [3.8, 4) is 0 Å². The Morgan fingerprint density at radius 2 is 1.71 bits per heavy atom. The first-order valence-electron chi connectivity index (χ1n) is 9.26. The van der Waals surface area contributed by atoms with Gasteiger partial charge in [0.2, 0.25) is 0 Å². The highest BCUT2D eigenvalue weighted by atomic mass is 28.2. The zero-order valence-electron chi connectivity index (χ0n) is 15.0. The van der Waals surface area contributed by atoms with E-state index in [-0.39, 0.29) is 9.52 Å². The van der Waals surface area contributed by atoms with E-state index in [4.69, 9.17) is 0 Å². The number of benzene rings is 2. The first-order chi connectivity index (χ1) is 11.8. The lowest BCUT2D eigenvalue weighted by molar-refractivity contribution is 0.795. The van der Waals surface area contributed by atoms with Crippen LogP contribution in [0.2, 0.25) is 0 Å². The van der Waals surface area contributed by atoms with Gasteiger partial charge in [-0.25, -0.2) is 0 Å². The van der Waals surface area contributed by atoms with Crippen molar-refractivity contribution in [3.63, 3.8) is 0 Å². The molecule has 0 aliphatic heterocycles. The van der Waals surface area contributed by atoms with Gasteiger partial charge in [-0.2, -0.15) is 0 Å². The predicted molar refractivity (Wildman–Crippen MR) is 109 cm³/mol. The van der Waals surface area contributed by atoms with Crippen LogP contribution in [0.4, 0.5) is 0 Å². The van der Waals surface area contributed by atoms with Crippen LogP contribution in [0.3, 0.4) is 0 Å². The second-order valence-electron chi connectivity index (χ2n) is 6.94. The molecule has 1 aliphatic carbocycles. The van der Waals surface area contributed by atoms with Gasteiger partial charge < -0.3 is 0 Å². The topological polar surface area (TPSA) is 0 Å². The molecule has 0 saturated heterocycles. The summed E-state index contributed by atoms with van der Waals surface area (Å²) in [5, 5.41) is 3.32. The Bertz CT molecular complexity index is 735. The Morgan fingerprint density at radius 1 is 0.958 bits per heavy atom. The molecule has 0 N–H and O–H groups in total. The standard InChI is InChI=1S/C23H28Si/c1-3-4-9-19-13-15-20(16-14-19)17-21-10-5-6-11-23(21)24-22-12-7-8-18(22)2/h5-8,10-11,13-16H,3-4,9,12,17,24H2,1-2H3. The smallest absolute Gasteiger partial charge is 0.0806 e. The van der Waals surface area contributed by atoms with Gasteiger partial charge in [0.25, 0.3) is 0 Å². The van der Waals surface area contributed by atoms with Crippen LogP contribution in [0.15, 0.2) is 71.5 Å². The fourth-order valence-corrected chi connectivity index (χ4v) is 5.32. The molecule has 0 nitrogen and oxygen atoms in total. The Labute approximate surface area is 149 Å². The molecule has 0 aromatic heterocycles. The van der Waals surface area contributed by atoms with Crippen LogP contribution in [0, 0.1) is 0 Å². The lowest BCUT2D eigenvalue weighted by atomic mass is 10.0. The van der Waals surface area contributed by atoms with Crippen LogP contribution in [0.1, 0.15) is 49.8 Å². The normalized spacial score (nSPS) is 14.2. The van der Waals surface area contributed by atoms with Crippen molar-refractivity contribution in [2.24, 2.45) is 0 Å². The van der Waals surface area contributed by atoms with Gasteiger partial charge in [0.05, 0.1) is 9.52 Å². The third-order valence-electron chi connectivity index (χ3n) is 5.05. The second kappa shape index (κ2) is 8.30. The van der Waals surface area contributed by atoms with Crippen molar-refractivity contribution in [1.29, 1.82) is 0 Å². The van der Waals surface area contributed by atoms with Crippen LogP contribution >= 0.6 is 0 Å². The molecule has 1 heteroatoms. The van der Waals surface area contributed by atoms with Crippen LogP contribution in [-0.4, -0.2) is 9.52 Å². The fourth-order valence-electron chi connectivity index (χ4n) is 3.43. The maximum absolute atomic E-state index is 2.36. The SMILES string of the molecule is CCCCc1ccc(Cc2ccccc2[SiH2]C2=C(C)C=CC2)cc1. The lowest BCUT2D eigenvalue weighted by Crippen LogP contribution is -2.21. The molecule has 0 saturated carbocycles. The molecule has 3 rings (SSSR count). The van der Waals surface area contributed by atoms with Crippen molar-refractivity contribution in [1.82, 2.24) is 0 Å². The van der Waals surface area contributed by atoms with Crippen molar-refractivity contribution in [2.45, 2.75) is 46.0 Å². The molecule has 0 radical (unpaired) electrons. The highest BCUT2D eigenvalue weighted by molar-refractivity contribution is 6.61. The number of hydrogen-bond acceptors (Lipinski definition) is 0. The number of rotatable bonds is 7. The van der Waals surface area contributed by atoms with Crippen molar-refractivity contribution in [2.75, 3.05) is 0 Å². The third-order valence-corrected chi connectivity index (χ3v) is 7.39. The summed E-state index contributed by atoms with van der Waals surface area (Å²) in [6.07, 6.45) is 10.6. The summed E-state index contributed by atoms with van der Waals surface area (Å²) in [6, 6.07) is 18.4. The van der Waals surface area contributed by atoms with Gasteiger partial charge in [0, 0.05) is 0 Å². The predicted octanol–water partition coefficient (Wildman–Crippen LogP) is 4.65. The van der Waals surface area contributed by atoms with Crippen molar-refractivity contribution in [3.05, 3.63) is 88.1 Å². The van der Waals surface area contributed by atoms with Gasteiger partial charge in [0.1, 0.15) is 0 Å². The van der Waals surface area contributed by atoms with E-state index in [1.54, 1.807) is 10.4 Å². The number of aryl methyl sites for hydroxylation is 1. The Balaban J connectivity index is 1.72. The summed E-state index contributed by atoms with van der Waals surface area (Å²) in [7, 11) is -0.329. The molecular weight excluding hydrogens is 304 g/mol. The van der Waals surface area contributed by atoms with Gasteiger partial charge in [-0.3, -0.25) is 0 Å². The van der Waals surface area contributed by atoms with Crippen LogP contribution < -0.4 is 5.19 Å². The van der Waals surface area contributed by atoms with Gasteiger partial charge in [-0.1, -0.05) is 90.0 Å². The minimum Gasteiger partial charge on any atom is -0.0806 e. The van der Waals surface area contributed by atoms with Gasteiger partial charge in [0.15, 0.2) is 0 Å². The highest BCUT2D eigenvalue weighted by Gasteiger charge is 2.10. The Hall–Kier alpha value is -1.86. The van der Waals surface area contributed by atoms with Gasteiger partial charge in [-0.05, 0) is 49.3 Å². The average molecular weight is 333 g/mol. The monoisotopic (exact) mass is 332 g/mol. The molecule has 0 heterocycles. The maximum atomic E-state index is 2.36. The second-order valence-corrected chi connectivity index (χ2v) is 8.90. The summed E-state index contributed by atoms with van der Waals surface area (Å²) in [5.74, 6) is 0. The van der Waals surface area contributed by atoms with E-state index in [0.29, 0.717) is 0 Å². The van der Waals surface area contributed by atoms with Gasteiger partial charge in [-0.15, -0.1) is 0 Å². The summed E-state index contributed by atoms with van der Waals surface area (Å²) < 4.78 is 0. The first kappa shape index (κ1) is 17.0. The fraction of sp³-hybridized carbons (Fsp3) is 0.304. The van der Waals surface area contributed by atoms with E-state index < -0.39 is 0 Å². The molecule has 1 aliphatic rings. The largest absolute Gasteiger partial charge is 0.0835 e. The molecule has 2 aromatic rings. The first-order valence-corrected chi connectivity index (χ1v) is 10.7. The van der Waals surface area contributed by atoms with E-state index in [9.17, 15) is 0 Å². The third kappa shape index (κ3) is 4.36. The summed E-state index contributed by atoms with van der Waals surface area (Å²) in [5.41, 5.74) is 5.95. The molecular formula is C23H28Si. The number of unbranched alkanes of at least 4 members (excludes halogenated alkanes) is 1. The minimum atomic E-state index is -0.329. The van der Waals surface area contributed by atoms with Gasteiger partial charge >= 0.3 is 0 Å². The summed E-state index contributed by atoms with van der Waals surface area (Å²) >= 11 is 0. The Kier molecular flexibility index (Phi) is 5.87. The molecule has 124 valence electrons. The molecule has 0 bridgehead atoms. The lowest BCUT2D eigenvalue weighted by Gasteiger charge is -2.11. The maximum Gasteiger partial charge on any atom is 0.0835 e. The Morgan fingerprint density at radius 3 is 2.42 bits per heavy atom. The average Bonchev–Trinajstić information content (AvgIpc) is 3.01.